The molecule has 4 nitrogen and oxygen atoms in total. The second kappa shape index (κ2) is 7.47. The number of carbonyl (C=O) groups excluding carboxylic acids is 2. The number of amides is 2. The summed E-state index contributed by atoms with van der Waals surface area (Å²) in [6.07, 6.45) is 7.81. The van der Waals surface area contributed by atoms with Gasteiger partial charge >= 0.3 is 0 Å². The SMILES string of the molecule is CCCN(CCC)C(=O)C1(C(=O)N2CCCCC2CC)CC1. The van der Waals surface area contributed by atoms with Crippen LogP contribution < -0.4 is 0 Å². The summed E-state index contributed by atoms with van der Waals surface area (Å²) in [5, 5.41) is 0. The van der Waals surface area contributed by atoms with Crippen LogP contribution in [0.25, 0.3) is 0 Å². The molecule has 0 radical (unpaired) electrons. The van der Waals surface area contributed by atoms with E-state index < -0.39 is 5.41 Å². The predicted molar refractivity (Wildman–Crippen MR) is 88.5 cm³/mol. The minimum Gasteiger partial charge on any atom is -0.342 e. The number of hydrogen-bond donors (Lipinski definition) is 0. The predicted octanol–water partition coefficient (Wildman–Crippen LogP) is 3.21. The molecule has 1 atom stereocenters. The van der Waals surface area contributed by atoms with Crippen molar-refractivity contribution in [2.24, 2.45) is 5.41 Å². The normalized spacial score (nSPS) is 23.2. The van der Waals surface area contributed by atoms with Gasteiger partial charge in [-0.05, 0) is 51.4 Å². The number of carbonyl (C=O) groups is 2. The third kappa shape index (κ3) is 3.31. The second-order valence-corrected chi connectivity index (χ2v) is 6.93. The fourth-order valence-electron chi connectivity index (χ4n) is 3.77. The van der Waals surface area contributed by atoms with Gasteiger partial charge in [-0.15, -0.1) is 0 Å². The lowest BCUT2D eigenvalue weighted by Gasteiger charge is -2.38. The smallest absolute Gasteiger partial charge is 0.238 e. The first kappa shape index (κ1) is 17.3. The molecule has 2 rings (SSSR count). The summed E-state index contributed by atoms with van der Waals surface area (Å²) in [5.74, 6) is 0.225. The molecule has 0 aromatic rings. The molecule has 0 spiro atoms. The average molecular weight is 308 g/mol. The summed E-state index contributed by atoms with van der Waals surface area (Å²) in [7, 11) is 0. The molecule has 0 bridgehead atoms. The average Bonchev–Trinajstić information content (AvgIpc) is 3.35. The summed E-state index contributed by atoms with van der Waals surface area (Å²) in [6.45, 7) is 8.73. The third-order valence-corrected chi connectivity index (χ3v) is 5.20. The minimum atomic E-state index is -0.699. The van der Waals surface area contributed by atoms with Crippen LogP contribution in [0.15, 0.2) is 0 Å². The van der Waals surface area contributed by atoms with Gasteiger partial charge in [0.25, 0.3) is 0 Å². The van der Waals surface area contributed by atoms with Crippen LogP contribution in [0.1, 0.15) is 72.1 Å². The Labute approximate surface area is 135 Å². The van der Waals surface area contributed by atoms with Crippen molar-refractivity contribution in [3.63, 3.8) is 0 Å². The topological polar surface area (TPSA) is 40.6 Å². The van der Waals surface area contributed by atoms with E-state index in [-0.39, 0.29) is 11.8 Å². The Morgan fingerprint density at radius 1 is 1.09 bits per heavy atom. The summed E-state index contributed by atoms with van der Waals surface area (Å²) in [6, 6.07) is 0.345. The van der Waals surface area contributed by atoms with Crippen LogP contribution in [0, 0.1) is 5.41 Å². The van der Waals surface area contributed by atoms with Crippen molar-refractivity contribution in [2.45, 2.75) is 78.2 Å². The largest absolute Gasteiger partial charge is 0.342 e. The Hall–Kier alpha value is -1.06. The molecule has 4 heteroatoms. The molecule has 1 unspecified atom stereocenters. The van der Waals surface area contributed by atoms with Gasteiger partial charge in [-0.1, -0.05) is 20.8 Å². The van der Waals surface area contributed by atoms with Crippen LogP contribution in [-0.4, -0.2) is 47.3 Å². The van der Waals surface area contributed by atoms with E-state index in [1.807, 2.05) is 9.80 Å². The Morgan fingerprint density at radius 3 is 2.23 bits per heavy atom. The van der Waals surface area contributed by atoms with Crippen LogP contribution in [0.2, 0.25) is 0 Å². The van der Waals surface area contributed by atoms with E-state index in [4.69, 9.17) is 0 Å². The highest BCUT2D eigenvalue weighted by atomic mass is 16.2. The lowest BCUT2D eigenvalue weighted by atomic mass is 9.95. The quantitative estimate of drug-likeness (QED) is 0.678. The molecule has 1 heterocycles. The van der Waals surface area contributed by atoms with Gasteiger partial charge in [-0.3, -0.25) is 9.59 Å². The van der Waals surface area contributed by atoms with Gasteiger partial charge in [0.2, 0.25) is 11.8 Å². The number of nitrogens with zero attached hydrogens (tertiary/aromatic N) is 2. The zero-order chi connectivity index (χ0) is 16.2. The van der Waals surface area contributed by atoms with Crippen LogP contribution in [0.4, 0.5) is 0 Å². The van der Waals surface area contributed by atoms with E-state index in [1.54, 1.807) is 0 Å². The Bertz CT molecular complexity index is 398. The van der Waals surface area contributed by atoms with Crippen LogP contribution >= 0.6 is 0 Å². The van der Waals surface area contributed by atoms with E-state index in [0.29, 0.717) is 6.04 Å². The lowest BCUT2D eigenvalue weighted by molar-refractivity contribution is -0.151. The summed E-state index contributed by atoms with van der Waals surface area (Å²) in [5.41, 5.74) is -0.699. The fourth-order valence-corrected chi connectivity index (χ4v) is 3.77. The van der Waals surface area contributed by atoms with Gasteiger partial charge in [0, 0.05) is 25.7 Å². The highest BCUT2D eigenvalue weighted by Crippen LogP contribution is 2.49. The van der Waals surface area contributed by atoms with Crippen molar-refractivity contribution in [1.82, 2.24) is 9.80 Å². The van der Waals surface area contributed by atoms with E-state index in [0.717, 1.165) is 64.6 Å². The maximum Gasteiger partial charge on any atom is 0.238 e. The molecule has 0 N–H and O–H groups in total. The summed E-state index contributed by atoms with van der Waals surface area (Å²) < 4.78 is 0. The van der Waals surface area contributed by atoms with E-state index >= 15 is 0 Å². The molecule has 22 heavy (non-hydrogen) atoms. The van der Waals surface area contributed by atoms with Gasteiger partial charge < -0.3 is 9.80 Å². The standard InChI is InChI=1S/C18H32N2O2/c1-4-12-19(13-5-2)16(21)18(10-11-18)17(22)20-14-8-7-9-15(20)6-3/h15H,4-14H2,1-3H3. The molecular weight excluding hydrogens is 276 g/mol. The maximum absolute atomic E-state index is 13.1. The first-order valence-electron chi connectivity index (χ1n) is 9.21. The number of hydrogen-bond acceptors (Lipinski definition) is 2. The molecule has 1 saturated carbocycles. The first-order chi connectivity index (χ1) is 10.6. The van der Waals surface area contributed by atoms with Crippen LogP contribution in [0.3, 0.4) is 0 Å². The van der Waals surface area contributed by atoms with E-state index in [1.165, 1.54) is 6.42 Å². The molecule has 0 aromatic heterocycles. The Balaban J connectivity index is 2.11. The molecule has 1 saturated heterocycles. The van der Waals surface area contributed by atoms with Crippen LogP contribution in [0.5, 0.6) is 0 Å². The highest BCUT2D eigenvalue weighted by Gasteiger charge is 2.59. The van der Waals surface area contributed by atoms with Gasteiger partial charge in [-0.25, -0.2) is 0 Å². The fraction of sp³-hybridized carbons (Fsp3) is 0.889. The van der Waals surface area contributed by atoms with E-state index in [2.05, 4.69) is 20.8 Å². The molecule has 2 fully saturated rings. The molecule has 1 aliphatic carbocycles. The van der Waals surface area contributed by atoms with Crippen LogP contribution in [-0.2, 0) is 9.59 Å². The van der Waals surface area contributed by atoms with Gasteiger partial charge in [0.15, 0.2) is 0 Å². The first-order valence-corrected chi connectivity index (χ1v) is 9.21. The molecule has 2 amide bonds. The molecule has 126 valence electrons. The zero-order valence-electron chi connectivity index (χ0n) is 14.6. The maximum atomic E-state index is 13.1. The summed E-state index contributed by atoms with van der Waals surface area (Å²) >= 11 is 0. The molecule has 2 aliphatic rings. The second-order valence-electron chi connectivity index (χ2n) is 6.93. The third-order valence-electron chi connectivity index (χ3n) is 5.20. The highest BCUT2D eigenvalue weighted by molar-refractivity contribution is 6.08. The number of likely N-dealkylation sites (tertiary alicyclic amines) is 1. The van der Waals surface area contributed by atoms with Crippen molar-refractivity contribution in [3.8, 4) is 0 Å². The van der Waals surface area contributed by atoms with Gasteiger partial charge in [0.05, 0.1) is 0 Å². The molecule has 1 aliphatic heterocycles. The molecular formula is C18H32N2O2. The lowest BCUT2D eigenvalue weighted by Crippen LogP contribution is -2.51. The molecule has 0 aromatic carbocycles. The van der Waals surface area contributed by atoms with Crippen molar-refractivity contribution in [3.05, 3.63) is 0 Å². The monoisotopic (exact) mass is 308 g/mol. The summed E-state index contributed by atoms with van der Waals surface area (Å²) in [4.78, 5) is 30.0. The Morgan fingerprint density at radius 2 is 1.73 bits per heavy atom. The Kier molecular flexibility index (Phi) is 5.87. The van der Waals surface area contributed by atoms with Crippen molar-refractivity contribution >= 4 is 11.8 Å². The van der Waals surface area contributed by atoms with Crippen molar-refractivity contribution in [2.75, 3.05) is 19.6 Å². The number of piperidine rings is 1. The van der Waals surface area contributed by atoms with Crippen molar-refractivity contribution in [1.29, 1.82) is 0 Å². The minimum absolute atomic E-state index is 0.0987. The van der Waals surface area contributed by atoms with Gasteiger partial charge in [-0.2, -0.15) is 0 Å². The van der Waals surface area contributed by atoms with E-state index in [9.17, 15) is 9.59 Å². The van der Waals surface area contributed by atoms with Gasteiger partial charge in [0.1, 0.15) is 5.41 Å². The zero-order valence-corrected chi connectivity index (χ0v) is 14.6. The van der Waals surface area contributed by atoms with Crippen molar-refractivity contribution < 1.29 is 9.59 Å². The number of rotatable bonds is 7.